The second kappa shape index (κ2) is 7.06. The van der Waals surface area contributed by atoms with Gasteiger partial charge in [0.2, 0.25) is 0 Å². The molecule has 0 aliphatic carbocycles. The normalized spacial score (nSPS) is 25.0. The number of thiophene rings is 1. The summed E-state index contributed by atoms with van der Waals surface area (Å²) in [6, 6.07) is 2.94. The molecule has 1 aromatic heterocycles. The molecule has 3 heteroatoms. The molecule has 2 rings (SSSR count). The van der Waals surface area contributed by atoms with E-state index in [1.807, 2.05) is 11.3 Å². The summed E-state index contributed by atoms with van der Waals surface area (Å²) in [5, 5.41) is 8.30. The van der Waals surface area contributed by atoms with Crippen LogP contribution in [0.2, 0.25) is 0 Å². The third-order valence-electron chi connectivity index (χ3n) is 4.09. The lowest BCUT2D eigenvalue weighted by molar-refractivity contribution is 0.140. The van der Waals surface area contributed by atoms with Gasteiger partial charge in [-0.2, -0.15) is 11.3 Å². The number of hydrogen-bond acceptors (Lipinski definition) is 3. The predicted octanol–water partition coefficient (Wildman–Crippen LogP) is 3.64. The van der Waals surface area contributed by atoms with Gasteiger partial charge in [0.25, 0.3) is 0 Å². The largest absolute Gasteiger partial charge is 0.312 e. The summed E-state index contributed by atoms with van der Waals surface area (Å²) < 4.78 is 0. The minimum absolute atomic E-state index is 0.372. The van der Waals surface area contributed by atoms with E-state index < -0.39 is 0 Å². The van der Waals surface area contributed by atoms with Gasteiger partial charge in [-0.15, -0.1) is 0 Å². The Labute approximate surface area is 128 Å². The van der Waals surface area contributed by atoms with Crippen molar-refractivity contribution in [2.24, 2.45) is 11.3 Å². The molecule has 0 aromatic carbocycles. The zero-order chi connectivity index (χ0) is 14.6. The molecule has 0 radical (unpaired) electrons. The van der Waals surface area contributed by atoms with Gasteiger partial charge in [0.15, 0.2) is 0 Å². The Morgan fingerprint density at radius 2 is 2.15 bits per heavy atom. The van der Waals surface area contributed by atoms with Crippen molar-refractivity contribution in [3.8, 4) is 0 Å². The van der Waals surface area contributed by atoms with Gasteiger partial charge >= 0.3 is 0 Å². The fraction of sp³-hybridized carbons (Fsp3) is 0.765. The van der Waals surface area contributed by atoms with Crippen LogP contribution in [0, 0.1) is 11.3 Å². The van der Waals surface area contributed by atoms with Crippen molar-refractivity contribution in [1.82, 2.24) is 10.2 Å². The van der Waals surface area contributed by atoms with Gasteiger partial charge in [-0.25, -0.2) is 0 Å². The Morgan fingerprint density at radius 1 is 1.35 bits per heavy atom. The maximum atomic E-state index is 3.80. The van der Waals surface area contributed by atoms with Crippen LogP contribution < -0.4 is 5.32 Å². The van der Waals surface area contributed by atoms with Crippen LogP contribution >= 0.6 is 11.3 Å². The van der Waals surface area contributed by atoms with Crippen LogP contribution in [-0.4, -0.2) is 37.1 Å². The molecule has 0 bridgehead atoms. The summed E-state index contributed by atoms with van der Waals surface area (Å²) in [5.41, 5.74) is 1.89. The average molecular weight is 295 g/mol. The Hall–Kier alpha value is -0.380. The fourth-order valence-electron chi connectivity index (χ4n) is 3.05. The van der Waals surface area contributed by atoms with E-state index in [-0.39, 0.29) is 0 Å². The molecule has 2 heterocycles. The minimum Gasteiger partial charge on any atom is -0.312 e. The van der Waals surface area contributed by atoms with Crippen molar-refractivity contribution in [2.45, 2.75) is 46.6 Å². The first kappa shape index (κ1) is 16.0. The molecule has 1 saturated heterocycles. The third-order valence-corrected chi connectivity index (χ3v) is 4.82. The standard InChI is InChI=1S/C17H30N2S/c1-5-19-10-15(8-14-6-7-20-12-14)9-16(11-19)18-13-17(2,3)4/h6-7,12,15-16,18H,5,8-11,13H2,1-4H3. The predicted molar refractivity (Wildman–Crippen MR) is 89.5 cm³/mol. The SMILES string of the molecule is CCN1CC(Cc2ccsc2)CC(NCC(C)(C)C)C1. The molecule has 1 N–H and O–H groups in total. The highest BCUT2D eigenvalue weighted by Gasteiger charge is 2.27. The van der Waals surface area contributed by atoms with E-state index in [4.69, 9.17) is 0 Å². The van der Waals surface area contributed by atoms with Crippen molar-refractivity contribution >= 4 is 11.3 Å². The minimum atomic E-state index is 0.372. The van der Waals surface area contributed by atoms with Gasteiger partial charge in [-0.3, -0.25) is 0 Å². The topological polar surface area (TPSA) is 15.3 Å². The van der Waals surface area contributed by atoms with Crippen LogP contribution in [0.1, 0.15) is 39.7 Å². The highest BCUT2D eigenvalue weighted by molar-refractivity contribution is 7.07. The van der Waals surface area contributed by atoms with Crippen molar-refractivity contribution in [3.63, 3.8) is 0 Å². The van der Waals surface area contributed by atoms with E-state index in [9.17, 15) is 0 Å². The van der Waals surface area contributed by atoms with Crippen LogP contribution in [0.3, 0.4) is 0 Å². The zero-order valence-electron chi connectivity index (χ0n) is 13.5. The number of nitrogens with zero attached hydrogens (tertiary/aromatic N) is 1. The Kier molecular flexibility index (Phi) is 5.65. The van der Waals surface area contributed by atoms with E-state index >= 15 is 0 Å². The molecule has 1 aromatic rings. The summed E-state index contributed by atoms with van der Waals surface area (Å²) in [7, 11) is 0. The van der Waals surface area contributed by atoms with E-state index in [1.165, 1.54) is 38.0 Å². The summed E-state index contributed by atoms with van der Waals surface area (Å²) in [5.74, 6) is 0.802. The lowest BCUT2D eigenvalue weighted by Gasteiger charge is -2.38. The van der Waals surface area contributed by atoms with Crippen LogP contribution in [0.15, 0.2) is 16.8 Å². The van der Waals surface area contributed by atoms with Gasteiger partial charge in [-0.1, -0.05) is 27.7 Å². The first-order valence-corrected chi connectivity index (χ1v) is 8.87. The van der Waals surface area contributed by atoms with Gasteiger partial charge in [0.05, 0.1) is 0 Å². The summed E-state index contributed by atoms with van der Waals surface area (Å²) in [6.45, 7) is 14.0. The first-order chi connectivity index (χ1) is 9.46. The van der Waals surface area contributed by atoms with E-state index in [0.29, 0.717) is 11.5 Å². The molecule has 2 atom stereocenters. The quantitative estimate of drug-likeness (QED) is 0.892. The molecule has 0 amide bonds. The van der Waals surface area contributed by atoms with E-state index in [1.54, 1.807) is 0 Å². The number of rotatable bonds is 5. The van der Waals surface area contributed by atoms with Crippen molar-refractivity contribution < 1.29 is 0 Å². The Bertz CT molecular complexity index is 380. The molecular formula is C17H30N2S. The zero-order valence-corrected chi connectivity index (χ0v) is 14.3. The summed E-state index contributed by atoms with van der Waals surface area (Å²) in [6.07, 6.45) is 2.57. The van der Waals surface area contributed by atoms with Gasteiger partial charge in [0, 0.05) is 25.7 Å². The molecule has 2 unspecified atom stereocenters. The molecule has 114 valence electrons. The van der Waals surface area contributed by atoms with Crippen LogP contribution in [-0.2, 0) is 6.42 Å². The molecule has 1 fully saturated rings. The average Bonchev–Trinajstić information content (AvgIpc) is 2.88. The number of piperidine rings is 1. The van der Waals surface area contributed by atoms with Crippen LogP contribution in [0.4, 0.5) is 0 Å². The lowest BCUT2D eigenvalue weighted by Crippen LogP contribution is -2.51. The van der Waals surface area contributed by atoms with Crippen molar-refractivity contribution in [1.29, 1.82) is 0 Å². The Balaban J connectivity index is 1.89. The number of nitrogens with one attached hydrogen (secondary N) is 1. The monoisotopic (exact) mass is 294 g/mol. The number of likely N-dealkylation sites (tertiary alicyclic amines) is 1. The summed E-state index contributed by atoms with van der Waals surface area (Å²) >= 11 is 1.82. The highest BCUT2D eigenvalue weighted by atomic mass is 32.1. The fourth-order valence-corrected chi connectivity index (χ4v) is 3.73. The summed E-state index contributed by atoms with van der Waals surface area (Å²) in [4.78, 5) is 2.61. The van der Waals surface area contributed by atoms with Crippen molar-refractivity contribution in [2.75, 3.05) is 26.2 Å². The second-order valence-corrected chi connectivity index (χ2v) is 8.21. The molecule has 1 aliphatic heterocycles. The van der Waals surface area contributed by atoms with Crippen molar-refractivity contribution in [3.05, 3.63) is 22.4 Å². The molecule has 0 spiro atoms. The highest BCUT2D eigenvalue weighted by Crippen LogP contribution is 2.23. The molecule has 0 saturated carbocycles. The maximum absolute atomic E-state index is 3.80. The maximum Gasteiger partial charge on any atom is 0.0198 e. The van der Waals surface area contributed by atoms with Gasteiger partial charge < -0.3 is 10.2 Å². The number of likely N-dealkylation sites (N-methyl/N-ethyl adjacent to an activating group) is 1. The smallest absolute Gasteiger partial charge is 0.0198 e. The number of hydrogen-bond donors (Lipinski definition) is 1. The third kappa shape index (κ3) is 5.19. The van der Waals surface area contributed by atoms with Gasteiger partial charge in [0.1, 0.15) is 0 Å². The molecule has 1 aliphatic rings. The molecule has 2 nitrogen and oxygen atoms in total. The Morgan fingerprint density at radius 3 is 2.75 bits per heavy atom. The first-order valence-electron chi connectivity index (χ1n) is 7.93. The van der Waals surface area contributed by atoms with Gasteiger partial charge in [-0.05, 0) is 53.1 Å². The lowest BCUT2D eigenvalue weighted by atomic mass is 9.88. The van der Waals surface area contributed by atoms with Crippen LogP contribution in [0.25, 0.3) is 0 Å². The van der Waals surface area contributed by atoms with E-state index in [0.717, 1.165) is 12.5 Å². The molecular weight excluding hydrogens is 264 g/mol. The van der Waals surface area contributed by atoms with E-state index in [2.05, 4.69) is 54.7 Å². The van der Waals surface area contributed by atoms with Crippen LogP contribution in [0.5, 0.6) is 0 Å². The second-order valence-electron chi connectivity index (χ2n) is 7.43. The molecule has 20 heavy (non-hydrogen) atoms.